The molecular weight excluding hydrogens is 490 g/mol. The average molecular weight is 518 g/mol. The Balaban J connectivity index is 1.42. The normalized spacial score (nSPS) is 14.8. The Bertz CT molecular complexity index is 1360. The minimum atomic E-state index is -0.804. The summed E-state index contributed by atoms with van der Waals surface area (Å²) in [7, 11) is 0. The van der Waals surface area contributed by atoms with Crippen LogP contribution in [0.5, 0.6) is 5.75 Å². The molecule has 1 fully saturated rings. The molecule has 184 valence electrons. The fraction of sp³-hybridized carbons (Fsp3) is 0.276. The first-order valence-corrected chi connectivity index (χ1v) is 12.6. The van der Waals surface area contributed by atoms with Crippen LogP contribution >= 0.6 is 23.8 Å². The lowest BCUT2D eigenvalue weighted by Crippen LogP contribution is -2.44. The van der Waals surface area contributed by atoms with E-state index < -0.39 is 5.54 Å². The van der Waals surface area contributed by atoms with Crippen LogP contribution < -0.4 is 9.64 Å². The lowest BCUT2D eigenvalue weighted by atomic mass is 10.0. The van der Waals surface area contributed by atoms with Crippen molar-refractivity contribution in [2.24, 2.45) is 0 Å². The molecule has 0 N–H and O–H groups in total. The number of hydrogen-bond acceptors (Lipinski definition) is 3. The van der Waals surface area contributed by atoms with E-state index in [1.807, 2.05) is 49.9 Å². The predicted molar refractivity (Wildman–Crippen MR) is 150 cm³/mol. The molecule has 1 saturated heterocycles. The maximum Gasteiger partial charge on any atom is 0.258 e. The Morgan fingerprint density at radius 1 is 1.06 bits per heavy atom. The Morgan fingerprint density at radius 2 is 1.78 bits per heavy atom. The highest BCUT2D eigenvalue weighted by molar-refractivity contribution is 7.80. The summed E-state index contributed by atoms with van der Waals surface area (Å²) in [6.45, 7) is 15.9. The number of anilines is 1. The molecule has 0 unspecified atom stereocenters. The summed E-state index contributed by atoms with van der Waals surface area (Å²) >= 11 is 12.1. The number of carbonyl (C=O) groups excluding carboxylic acids is 1. The molecule has 0 spiro atoms. The maximum absolute atomic E-state index is 13.4. The summed E-state index contributed by atoms with van der Waals surface area (Å²) in [4.78, 5) is 20.3. The summed E-state index contributed by atoms with van der Waals surface area (Å²) in [5.41, 5.74) is 4.23. The second kappa shape index (κ2) is 10.3. The van der Waals surface area contributed by atoms with Crippen LogP contribution in [0.15, 0.2) is 60.7 Å². The van der Waals surface area contributed by atoms with Gasteiger partial charge in [-0.05, 0) is 86.8 Å². The first-order valence-electron chi connectivity index (χ1n) is 11.8. The fourth-order valence-corrected chi connectivity index (χ4v) is 5.14. The summed E-state index contributed by atoms with van der Waals surface area (Å²) in [5.74, 6) is 0.733. The van der Waals surface area contributed by atoms with Gasteiger partial charge in [-0.25, -0.2) is 4.85 Å². The van der Waals surface area contributed by atoms with Gasteiger partial charge in [-0.15, -0.1) is 0 Å². The van der Waals surface area contributed by atoms with Gasteiger partial charge < -0.3 is 9.64 Å². The number of amides is 1. The molecule has 0 atom stereocenters. The number of halogens is 1. The van der Waals surface area contributed by atoms with Crippen LogP contribution in [0, 0.1) is 20.4 Å². The van der Waals surface area contributed by atoms with Gasteiger partial charge in [0.15, 0.2) is 5.11 Å². The summed E-state index contributed by atoms with van der Waals surface area (Å²) < 4.78 is 6.08. The van der Waals surface area contributed by atoms with Crippen LogP contribution in [0.3, 0.4) is 0 Å². The quantitative estimate of drug-likeness (QED) is 0.186. The van der Waals surface area contributed by atoms with Gasteiger partial charge in [-0.3, -0.25) is 9.69 Å². The van der Waals surface area contributed by atoms with E-state index in [0.717, 1.165) is 16.9 Å². The molecule has 5 nitrogen and oxygen atoms in total. The standard InChI is InChI=1S/C29H28ClN3O2S/c1-19-18-22(21-10-7-6-8-11-21)12-15-25(19)35-17-9-16-32-28(36)33(27(34)29(32,3)4)24-14-13-23(31-5)26(30)20(24)2/h6-8,10-15,18H,9,16-17H2,1-4H3. The zero-order valence-electron chi connectivity index (χ0n) is 20.8. The van der Waals surface area contributed by atoms with Crippen LogP contribution in [0.25, 0.3) is 16.0 Å². The minimum Gasteiger partial charge on any atom is -0.493 e. The lowest BCUT2D eigenvalue weighted by Gasteiger charge is -2.29. The van der Waals surface area contributed by atoms with E-state index in [2.05, 4.69) is 29.1 Å². The number of aryl methyl sites for hydroxylation is 1. The third kappa shape index (κ3) is 4.69. The third-order valence-electron chi connectivity index (χ3n) is 6.59. The highest BCUT2D eigenvalue weighted by atomic mass is 35.5. The number of rotatable bonds is 7. The van der Waals surface area contributed by atoms with E-state index in [1.165, 1.54) is 10.5 Å². The SMILES string of the molecule is [C-]#[N+]c1ccc(N2C(=O)C(C)(C)N(CCCOc3ccc(-c4ccccc4)cc3C)C2=S)c(C)c1Cl. The molecule has 1 heterocycles. The van der Waals surface area contributed by atoms with Crippen molar-refractivity contribution in [2.75, 3.05) is 18.1 Å². The van der Waals surface area contributed by atoms with Gasteiger partial charge in [0, 0.05) is 6.54 Å². The molecule has 1 aliphatic heterocycles. The van der Waals surface area contributed by atoms with Gasteiger partial charge in [0.1, 0.15) is 11.3 Å². The molecule has 0 radical (unpaired) electrons. The minimum absolute atomic E-state index is 0.115. The zero-order chi connectivity index (χ0) is 26.0. The maximum atomic E-state index is 13.4. The van der Waals surface area contributed by atoms with Crippen molar-refractivity contribution in [1.82, 2.24) is 4.90 Å². The van der Waals surface area contributed by atoms with E-state index in [1.54, 1.807) is 19.1 Å². The van der Waals surface area contributed by atoms with Crippen LogP contribution in [0.2, 0.25) is 5.02 Å². The molecule has 36 heavy (non-hydrogen) atoms. The molecule has 4 rings (SSSR count). The number of nitrogens with zero attached hydrogens (tertiary/aromatic N) is 3. The first-order chi connectivity index (χ1) is 17.2. The fourth-order valence-electron chi connectivity index (χ4n) is 4.44. The second-order valence-electron chi connectivity index (χ2n) is 9.34. The van der Waals surface area contributed by atoms with Crippen LogP contribution in [-0.2, 0) is 4.79 Å². The number of thiocarbonyl (C=S) groups is 1. The third-order valence-corrected chi connectivity index (χ3v) is 7.47. The Hall–Kier alpha value is -3.40. The molecular formula is C29H28ClN3O2S. The largest absolute Gasteiger partial charge is 0.493 e. The molecule has 0 aromatic heterocycles. The van der Waals surface area contributed by atoms with E-state index in [9.17, 15) is 4.79 Å². The summed E-state index contributed by atoms with van der Waals surface area (Å²) in [6.07, 6.45) is 0.695. The van der Waals surface area contributed by atoms with E-state index in [4.69, 9.17) is 35.1 Å². The summed E-state index contributed by atoms with van der Waals surface area (Å²) in [5, 5.41) is 0.777. The van der Waals surface area contributed by atoms with Crippen LogP contribution in [0.1, 0.15) is 31.4 Å². The van der Waals surface area contributed by atoms with Crippen molar-refractivity contribution in [3.05, 3.63) is 88.2 Å². The van der Waals surface area contributed by atoms with Crippen molar-refractivity contribution >= 4 is 46.2 Å². The molecule has 0 bridgehead atoms. The Morgan fingerprint density at radius 3 is 2.44 bits per heavy atom. The van der Waals surface area contributed by atoms with Gasteiger partial charge in [0.2, 0.25) is 5.69 Å². The van der Waals surface area contributed by atoms with E-state index >= 15 is 0 Å². The van der Waals surface area contributed by atoms with Gasteiger partial charge >= 0.3 is 0 Å². The Labute approximate surface area is 223 Å². The van der Waals surface area contributed by atoms with Crippen molar-refractivity contribution in [3.63, 3.8) is 0 Å². The van der Waals surface area contributed by atoms with Crippen LogP contribution in [-0.4, -0.2) is 34.6 Å². The van der Waals surface area contributed by atoms with Gasteiger partial charge in [0.05, 0.1) is 23.9 Å². The molecule has 7 heteroatoms. The lowest BCUT2D eigenvalue weighted by molar-refractivity contribution is -0.123. The molecule has 0 aliphatic carbocycles. The number of hydrogen-bond donors (Lipinski definition) is 0. The highest BCUT2D eigenvalue weighted by Crippen LogP contribution is 2.39. The number of carbonyl (C=O) groups is 1. The number of ether oxygens (including phenoxy) is 1. The molecule has 3 aromatic carbocycles. The first kappa shape index (κ1) is 25.7. The molecule has 0 saturated carbocycles. The van der Waals surface area contributed by atoms with Gasteiger partial charge in [0.25, 0.3) is 5.91 Å². The van der Waals surface area contributed by atoms with Crippen LogP contribution in [0.4, 0.5) is 11.4 Å². The smallest absolute Gasteiger partial charge is 0.258 e. The van der Waals surface area contributed by atoms with Crippen molar-refractivity contribution in [1.29, 1.82) is 0 Å². The van der Waals surface area contributed by atoms with Gasteiger partial charge in [-0.2, -0.15) is 0 Å². The van der Waals surface area contributed by atoms with Crippen molar-refractivity contribution in [3.8, 4) is 16.9 Å². The number of benzene rings is 3. The predicted octanol–water partition coefficient (Wildman–Crippen LogP) is 7.36. The van der Waals surface area contributed by atoms with Crippen molar-refractivity contribution in [2.45, 2.75) is 39.7 Å². The topological polar surface area (TPSA) is 37.1 Å². The Kier molecular flexibility index (Phi) is 7.35. The van der Waals surface area contributed by atoms with Crippen molar-refractivity contribution < 1.29 is 9.53 Å². The van der Waals surface area contributed by atoms with Gasteiger partial charge in [-0.1, -0.05) is 54.1 Å². The second-order valence-corrected chi connectivity index (χ2v) is 10.1. The molecule has 1 amide bonds. The zero-order valence-corrected chi connectivity index (χ0v) is 22.4. The molecule has 3 aromatic rings. The van der Waals surface area contributed by atoms with E-state index in [0.29, 0.717) is 46.6 Å². The monoisotopic (exact) mass is 517 g/mol. The summed E-state index contributed by atoms with van der Waals surface area (Å²) in [6, 6.07) is 19.8. The van der Waals surface area contributed by atoms with E-state index in [-0.39, 0.29) is 5.91 Å². The average Bonchev–Trinajstić information content (AvgIpc) is 3.03. The molecule has 1 aliphatic rings. The highest BCUT2D eigenvalue weighted by Gasteiger charge is 2.49.